The molecular formula is C26H23BO2S. The molecule has 0 bridgehead atoms. The predicted octanol–water partition coefficient (Wildman–Crippen LogP) is 6.66. The summed E-state index contributed by atoms with van der Waals surface area (Å²) in [6.07, 6.45) is 0. The summed E-state index contributed by atoms with van der Waals surface area (Å²) in [4.78, 5) is 0. The van der Waals surface area contributed by atoms with Crippen LogP contribution in [0.4, 0.5) is 0 Å². The molecule has 2 heterocycles. The maximum Gasteiger partial charge on any atom is 0.494 e. The van der Waals surface area contributed by atoms with Gasteiger partial charge < -0.3 is 9.31 Å². The molecule has 0 N–H and O–H groups in total. The second kappa shape index (κ2) is 6.07. The molecule has 6 rings (SSSR count). The number of benzene rings is 4. The van der Waals surface area contributed by atoms with Gasteiger partial charge in [0.1, 0.15) is 0 Å². The van der Waals surface area contributed by atoms with E-state index in [1.54, 1.807) is 0 Å². The zero-order valence-corrected chi connectivity index (χ0v) is 18.5. The third-order valence-electron chi connectivity index (χ3n) is 6.90. The van der Waals surface area contributed by atoms with Crippen molar-refractivity contribution in [2.24, 2.45) is 0 Å². The van der Waals surface area contributed by atoms with Gasteiger partial charge in [0.05, 0.1) is 11.2 Å². The average Bonchev–Trinajstić information content (AvgIpc) is 3.22. The van der Waals surface area contributed by atoms with Gasteiger partial charge in [0.2, 0.25) is 0 Å². The molecular weight excluding hydrogens is 387 g/mol. The summed E-state index contributed by atoms with van der Waals surface area (Å²) in [5.41, 5.74) is 0.416. The van der Waals surface area contributed by atoms with Crippen molar-refractivity contribution >= 4 is 65.6 Å². The fraction of sp³-hybridized carbons (Fsp3) is 0.231. The van der Waals surface area contributed by atoms with Gasteiger partial charge in [-0.25, -0.2) is 0 Å². The molecule has 0 atom stereocenters. The highest BCUT2D eigenvalue weighted by Crippen LogP contribution is 2.44. The zero-order chi connectivity index (χ0) is 20.7. The van der Waals surface area contributed by atoms with Crippen molar-refractivity contribution in [1.82, 2.24) is 0 Å². The molecule has 0 radical (unpaired) electrons. The summed E-state index contributed by atoms with van der Waals surface area (Å²) in [7, 11) is -0.335. The Balaban J connectivity index is 1.63. The third kappa shape index (κ3) is 2.45. The quantitative estimate of drug-likeness (QED) is 0.227. The van der Waals surface area contributed by atoms with Crippen molar-refractivity contribution in [3.05, 3.63) is 66.7 Å². The molecule has 30 heavy (non-hydrogen) atoms. The molecule has 2 nitrogen and oxygen atoms in total. The molecule has 0 saturated carbocycles. The number of fused-ring (bicyclic) bond motifs is 8. The molecule has 1 saturated heterocycles. The molecule has 1 fully saturated rings. The molecule has 4 heteroatoms. The normalized spacial score (nSPS) is 18.2. The summed E-state index contributed by atoms with van der Waals surface area (Å²) >= 11 is 1.87. The first kappa shape index (κ1) is 18.4. The van der Waals surface area contributed by atoms with Crippen molar-refractivity contribution in [2.45, 2.75) is 38.9 Å². The first-order valence-electron chi connectivity index (χ1n) is 10.5. The Morgan fingerprint density at radius 3 is 1.90 bits per heavy atom. The van der Waals surface area contributed by atoms with Gasteiger partial charge >= 0.3 is 7.12 Å². The maximum atomic E-state index is 6.30. The van der Waals surface area contributed by atoms with Crippen molar-refractivity contribution in [3.8, 4) is 0 Å². The van der Waals surface area contributed by atoms with Crippen molar-refractivity contribution < 1.29 is 9.31 Å². The van der Waals surface area contributed by atoms with Crippen LogP contribution in [0, 0.1) is 0 Å². The van der Waals surface area contributed by atoms with Crippen LogP contribution in [0.15, 0.2) is 66.7 Å². The van der Waals surface area contributed by atoms with Crippen molar-refractivity contribution in [3.63, 3.8) is 0 Å². The van der Waals surface area contributed by atoms with Gasteiger partial charge in [-0.15, -0.1) is 11.3 Å². The standard InChI is InChI=1S/C26H23BO2S/c1-25(2)26(3,4)29-27(28-25)16-13-14-21-22(15-16)30-24-20-12-8-6-10-18(20)17-9-5-7-11-19(17)23(21)24/h5-15H,1-4H3. The topological polar surface area (TPSA) is 18.5 Å². The molecule has 0 amide bonds. The summed E-state index contributed by atoms with van der Waals surface area (Å²) in [5.74, 6) is 0. The lowest BCUT2D eigenvalue weighted by atomic mass is 9.79. The van der Waals surface area contributed by atoms with Gasteiger partial charge in [0.25, 0.3) is 0 Å². The maximum absolute atomic E-state index is 6.30. The Kier molecular flexibility index (Phi) is 3.72. The molecule has 1 aliphatic heterocycles. The van der Waals surface area contributed by atoms with Gasteiger partial charge in [-0.1, -0.05) is 60.7 Å². The fourth-order valence-corrected chi connectivity index (χ4v) is 5.85. The number of rotatable bonds is 1. The lowest BCUT2D eigenvalue weighted by Gasteiger charge is -2.32. The molecule has 1 aliphatic rings. The third-order valence-corrected chi connectivity index (χ3v) is 8.08. The SMILES string of the molecule is CC1(C)OB(c2ccc3c(c2)sc2c4ccccc4c4ccccc4c32)OC1(C)C. The molecule has 0 spiro atoms. The van der Waals surface area contributed by atoms with Crippen LogP contribution in [0.3, 0.4) is 0 Å². The fourth-order valence-electron chi connectivity index (χ4n) is 4.55. The molecule has 4 aromatic carbocycles. The zero-order valence-electron chi connectivity index (χ0n) is 17.7. The minimum absolute atomic E-state index is 0.334. The van der Waals surface area contributed by atoms with Gasteiger partial charge in [-0.05, 0) is 55.4 Å². The van der Waals surface area contributed by atoms with E-state index in [4.69, 9.17) is 9.31 Å². The average molecular weight is 410 g/mol. The Bertz CT molecular complexity index is 1450. The molecule has 5 aromatic rings. The largest absolute Gasteiger partial charge is 0.494 e. The van der Waals surface area contributed by atoms with Gasteiger partial charge in [0, 0.05) is 25.6 Å². The highest BCUT2D eigenvalue weighted by atomic mass is 32.1. The van der Waals surface area contributed by atoms with Crippen molar-refractivity contribution in [1.29, 1.82) is 0 Å². The smallest absolute Gasteiger partial charge is 0.399 e. The summed E-state index contributed by atoms with van der Waals surface area (Å²) in [6.45, 7) is 8.40. The summed E-state index contributed by atoms with van der Waals surface area (Å²) in [5, 5.41) is 7.93. The van der Waals surface area contributed by atoms with Crippen LogP contribution in [0.1, 0.15) is 27.7 Å². The molecule has 0 unspecified atom stereocenters. The van der Waals surface area contributed by atoms with Crippen LogP contribution in [-0.4, -0.2) is 18.3 Å². The Morgan fingerprint density at radius 1 is 0.667 bits per heavy atom. The van der Waals surface area contributed by atoms with Crippen molar-refractivity contribution in [2.75, 3.05) is 0 Å². The van der Waals surface area contributed by atoms with E-state index in [0.29, 0.717) is 0 Å². The van der Waals surface area contributed by atoms with Crippen LogP contribution in [0.5, 0.6) is 0 Å². The Labute approximate surface area is 180 Å². The lowest BCUT2D eigenvalue weighted by molar-refractivity contribution is 0.00578. The highest BCUT2D eigenvalue weighted by Gasteiger charge is 2.51. The first-order valence-corrected chi connectivity index (χ1v) is 11.3. The van der Waals surface area contributed by atoms with Gasteiger partial charge in [-0.2, -0.15) is 0 Å². The van der Waals surface area contributed by atoms with E-state index in [9.17, 15) is 0 Å². The molecule has 0 aliphatic carbocycles. The van der Waals surface area contributed by atoms with E-state index in [0.717, 1.165) is 5.46 Å². The second-order valence-electron chi connectivity index (χ2n) is 9.24. The van der Waals surface area contributed by atoms with E-state index in [-0.39, 0.29) is 18.3 Å². The minimum Gasteiger partial charge on any atom is -0.399 e. The van der Waals surface area contributed by atoms with Crippen LogP contribution in [0.25, 0.3) is 41.7 Å². The lowest BCUT2D eigenvalue weighted by Crippen LogP contribution is -2.41. The van der Waals surface area contributed by atoms with Crippen LogP contribution in [0.2, 0.25) is 0 Å². The summed E-state index contributed by atoms with van der Waals surface area (Å²) < 4.78 is 15.2. The monoisotopic (exact) mass is 410 g/mol. The van der Waals surface area contributed by atoms with Crippen LogP contribution in [-0.2, 0) is 9.31 Å². The highest BCUT2D eigenvalue weighted by molar-refractivity contribution is 7.27. The minimum atomic E-state index is -0.335. The van der Waals surface area contributed by atoms with Gasteiger partial charge in [0.15, 0.2) is 0 Å². The summed E-state index contributed by atoms with van der Waals surface area (Å²) in [6, 6.07) is 24.2. The van der Waals surface area contributed by atoms with E-state index >= 15 is 0 Å². The van der Waals surface area contributed by atoms with Gasteiger partial charge in [-0.3, -0.25) is 0 Å². The van der Waals surface area contributed by atoms with Crippen LogP contribution < -0.4 is 5.46 Å². The van der Waals surface area contributed by atoms with Crippen LogP contribution >= 0.6 is 11.3 Å². The van der Waals surface area contributed by atoms with E-state index in [1.807, 2.05) is 11.3 Å². The second-order valence-corrected chi connectivity index (χ2v) is 10.3. The number of hydrogen-bond acceptors (Lipinski definition) is 3. The molecule has 148 valence electrons. The first-order chi connectivity index (χ1) is 14.4. The Hall–Kier alpha value is -2.40. The number of thiophene rings is 1. The Morgan fingerprint density at radius 2 is 1.23 bits per heavy atom. The predicted molar refractivity (Wildman–Crippen MR) is 130 cm³/mol. The van der Waals surface area contributed by atoms with E-state index < -0.39 is 0 Å². The van der Waals surface area contributed by atoms with E-state index in [1.165, 1.54) is 41.7 Å². The number of hydrogen-bond donors (Lipinski definition) is 0. The molecule has 1 aromatic heterocycles. The van der Waals surface area contributed by atoms with E-state index in [2.05, 4.69) is 94.4 Å².